The number of amides is 3. The van der Waals surface area contributed by atoms with Crippen molar-refractivity contribution in [3.8, 4) is 0 Å². The summed E-state index contributed by atoms with van der Waals surface area (Å²) >= 11 is 5.99. The normalized spacial score (nSPS) is 15.4. The fraction of sp³-hybridized carbons (Fsp3) is 0.400. The second-order valence-corrected chi connectivity index (χ2v) is 5.65. The predicted octanol–water partition coefficient (Wildman–Crippen LogP) is 0.680. The molecule has 1 saturated heterocycles. The Morgan fingerprint density at radius 3 is 2.45 bits per heavy atom. The zero-order valence-electron chi connectivity index (χ0n) is 12.0. The molecule has 7 heteroatoms. The number of benzene rings is 1. The van der Waals surface area contributed by atoms with Crippen molar-refractivity contribution in [2.45, 2.75) is 19.4 Å². The number of nitrogens with one attached hydrogen (secondary N) is 1. The van der Waals surface area contributed by atoms with Gasteiger partial charge < -0.3 is 16.0 Å². The number of carbonyl (C=O) groups excluding carboxylic acids is 3. The van der Waals surface area contributed by atoms with E-state index in [0.29, 0.717) is 31.0 Å². The first kappa shape index (κ1) is 16.3. The molecule has 3 amide bonds. The highest BCUT2D eigenvalue weighted by Gasteiger charge is 2.28. The average molecular weight is 324 g/mol. The molecule has 118 valence electrons. The van der Waals surface area contributed by atoms with Crippen LogP contribution in [0.4, 0.5) is 0 Å². The smallest absolute Gasteiger partial charge is 0.311 e. The van der Waals surface area contributed by atoms with Crippen molar-refractivity contribution in [2.24, 2.45) is 11.7 Å². The fourth-order valence-corrected chi connectivity index (χ4v) is 2.61. The van der Waals surface area contributed by atoms with Gasteiger partial charge in [-0.1, -0.05) is 29.8 Å². The predicted molar refractivity (Wildman–Crippen MR) is 81.8 cm³/mol. The summed E-state index contributed by atoms with van der Waals surface area (Å²) in [7, 11) is 0. The van der Waals surface area contributed by atoms with Gasteiger partial charge in [0.15, 0.2) is 0 Å². The first-order chi connectivity index (χ1) is 10.5. The summed E-state index contributed by atoms with van der Waals surface area (Å²) in [6.07, 6.45) is 0.998. The van der Waals surface area contributed by atoms with Crippen molar-refractivity contribution >= 4 is 29.3 Å². The standard InChI is InChI=1S/C15H18ClN3O3/c16-12-4-2-1-3-11(12)9-18-14(21)15(22)19-7-5-10(6-8-19)13(17)20/h1-4,10H,5-9H2,(H2,17,20)(H,18,21). The highest BCUT2D eigenvalue weighted by Crippen LogP contribution is 2.17. The number of halogens is 1. The van der Waals surface area contributed by atoms with Crippen LogP contribution in [0.1, 0.15) is 18.4 Å². The zero-order chi connectivity index (χ0) is 16.1. The molecule has 0 radical (unpaired) electrons. The maximum atomic E-state index is 12.0. The summed E-state index contributed by atoms with van der Waals surface area (Å²) in [6, 6.07) is 7.11. The number of rotatable bonds is 3. The minimum Gasteiger partial charge on any atom is -0.369 e. The van der Waals surface area contributed by atoms with Gasteiger partial charge >= 0.3 is 11.8 Å². The van der Waals surface area contributed by atoms with Crippen molar-refractivity contribution in [1.29, 1.82) is 0 Å². The molecule has 0 saturated carbocycles. The molecule has 0 aromatic heterocycles. The van der Waals surface area contributed by atoms with Crippen LogP contribution < -0.4 is 11.1 Å². The molecular formula is C15H18ClN3O3. The number of nitrogens with two attached hydrogens (primary N) is 1. The van der Waals surface area contributed by atoms with Crippen LogP contribution in [0.2, 0.25) is 5.02 Å². The minimum absolute atomic E-state index is 0.196. The Morgan fingerprint density at radius 1 is 1.23 bits per heavy atom. The molecular weight excluding hydrogens is 306 g/mol. The summed E-state index contributed by atoms with van der Waals surface area (Å²) in [4.78, 5) is 36.5. The van der Waals surface area contributed by atoms with E-state index in [2.05, 4.69) is 5.32 Å². The van der Waals surface area contributed by atoms with E-state index < -0.39 is 11.8 Å². The summed E-state index contributed by atoms with van der Waals surface area (Å²) in [6.45, 7) is 0.930. The second kappa shape index (κ2) is 7.26. The van der Waals surface area contributed by atoms with Crippen LogP contribution in [-0.4, -0.2) is 35.7 Å². The van der Waals surface area contributed by atoms with E-state index in [-0.39, 0.29) is 18.4 Å². The lowest BCUT2D eigenvalue weighted by Gasteiger charge is -2.29. The van der Waals surface area contributed by atoms with Crippen LogP contribution in [0, 0.1) is 5.92 Å². The van der Waals surface area contributed by atoms with Gasteiger partial charge in [-0.2, -0.15) is 0 Å². The molecule has 0 unspecified atom stereocenters. The first-order valence-corrected chi connectivity index (χ1v) is 7.46. The number of carbonyl (C=O) groups is 3. The van der Waals surface area contributed by atoms with Crippen LogP contribution in [-0.2, 0) is 20.9 Å². The van der Waals surface area contributed by atoms with Crippen molar-refractivity contribution in [3.05, 3.63) is 34.9 Å². The van der Waals surface area contributed by atoms with E-state index in [0.717, 1.165) is 5.56 Å². The number of hydrogen-bond acceptors (Lipinski definition) is 3. The molecule has 1 aromatic carbocycles. The van der Waals surface area contributed by atoms with Gasteiger partial charge in [-0.05, 0) is 24.5 Å². The molecule has 1 aromatic rings. The fourth-order valence-electron chi connectivity index (χ4n) is 2.40. The van der Waals surface area contributed by atoms with E-state index in [4.69, 9.17) is 17.3 Å². The maximum Gasteiger partial charge on any atom is 0.311 e. The highest BCUT2D eigenvalue weighted by atomic mass is 35.5. The first-order valence-electron chi connectivity index (χ1n) is 7.09. The van der Waals surface area contributed by atoms with E-state index >= 15 is 0 Å². The SMILES string of the molecule is NC(=O)C1CCN(C(=O)C(=O)NCc2ccccc2Cl)CC1. The van der Waals surface area contributed by atoms with E-state index in [1.807, 2.05) is 6.07 Å². The Bertz CT molecular complexity index is 583. The van der Waals surface area contributed by atoms with E-state index in [9.17, 15) is 14.4 Å². The summed E-state index contributed by atoms with van der Waals surface area (Å²) in [5.74, 6) is -1.82. The second-order valence-electron chi connectivity index (χ2n) is 5.24. The molecule has 6 nitrogen and oxygen atoms in total. The molecule has 0 aliphatic carbocycles. The lowest BCUT2D eigenvalue weighted by Crippen LogP contribution is -2.47. The Balaban J connectivity index is 1.84. The monoisotopic (exact) mass is 323 g/mol. The number of hydrogen-bond donors (Lipinski definition) is 2. The van der Waals surface area contributed by atoms with Gasteiger partial charge in [-0.25, -0.2) is 0 Å². The average Bonchev–Trinajstić information content (AvgIpc) is 2.53. The minimum atomic E-state index is -0.669. The molecule has 0 bridgehead atoms. The third-order valence-corrected chi connectivity index (χ3v) is 4.14. The third kappa shape index (κ3) is 3.98. The van der Waals surface area contributed by atoms with Crippen LogP contribution in [0.25, 0.3) is 0 Å². The quantitative estimate of drug-likeness (QED) is 0.801. The van der Waals surface area contributed by atoms with Gasteiger partial charge in [0, 0.05) is 30.6 Å². The summed E-state index contributed by atoms with van der Waals surface area (Å²) in [5, 5.41) is 3.10. The number of likely N-dealkylation sites (tertiary alicyclic amines) is 1. The molecule has 22 heavy (non-hydrogen) atoms. The third-order valence-electron chi connectivity index (χ3n) is 3.78. The van der Waals surface area contributed by atoms with Gasteiger partial charge in [0.2, 0.25) is 5.91 Å². The van der Waals surface area contributed by atoms with Crippen molar-refractivity contribution in [1.82, 2.24) is 10.2 Å². The van der Waals surface area contributed by atoms with Gasteiger partial charge in [0.25, 0.3) is 0 Å². The Morgan fingerprint density at radius 2 is 1.86 bits per heavy atom. The van der Waals surface area contributed by atoms with Gasteiger partial charge in [-0.15, -0.1) is 0 Å². The number of nitrogens with zero attached hydrogens (tertiary/aromatic N) is 1. The van der Waals surface area contributed by atoms with E-state index in [1.165, 1.54) is 4.90 Å². The van der Waals surface area contributed by atoms with Gasteiger partial charge in [-0.3, -0.25) is 14.4 Å². The topological polar surface area (TPSA) is 92.5 Å². The van der Waals surface area contributed by atoms with E-state index in [1.54, 1.807) is 18.2 Å². The lowest BCUT2D eigenvalue weighted by atomic mass is 9.96. The Labute approximate surface area is 133 Å². The lowest BCUT2D eigenvalue weighted by molar-refractivity contribution is -0.147. The maximum absolute atomic E-state index is 12.0. The largest absolute Gasteiger partial charge is 0.369 e. The van der Waals surface area contributed by atoms with Gasteiger partial charge in [0.1, 0.15) is 0 Å². The van der Waals surface area contributed by atoms with Crippen molar-refractivity contribution < 1.29 is 14.4 Å². The Hall–Kier alpha value is -2.08. The zero-order valence-corrected chi connectivity index (χ0v) is 12.8. The Kier molecular flexibility index (Phi) is 5.38. The molecule has 1 fully saturated rings. The van der Waals surface area contributed by atoms with Crippen LogP contribution in [0.15, 0.2) is 24.3 Å². The molecule has 1 aliphatic rings. The van der Waals surface area contributed by atoms with Crippen LogP contribution >= 0.6 is 11.6 Å². The molecule has 0 spiro atoms. The number of piperidine rings is 1. The summed E-state index contributed by atoms with van der Waals surface area (Å²) in [5.41, 5.74) is 5.99. The highest BCUT2D eigenvalue weighted by molar-refractivity contribution is 6.35. The van der Waals surface area contributed by atoms with Crippen molar-refractivity contribution in [2.75, 3.05) is 13.1 Å². The molecule has 1 heterocycles. The molecule has 2 rings (SSSR count). The number of primary amides is 1. The van der Waals surface area contributed by atoms with Crippen LogP contribution in [0.3, 0.4) is 0 Å². The molecule has 0 atom stereocenters. The molecule has 3 N–H and O–H groups in total. The summed E-state index contributed by atoms with van der Waals surface area (Å²) < 4.78 is 0. The van der Waals surface area contributed by atoms with Crippen molar-refractivity contribution in [3.63, 3.8) is 0 Å². The van der Waals surface area contributed by atoms with Crippen LogP contribution in [0.5, 0.6) is 0 Å². The van der Waals surface area contributed by atoms with Gasteiger partial charge in [0.05, 0.1) is 0 Å². The molecule has 1 aliphatic heterocycles.